The third-order valence-electron chi connectivity index (χ3n) is 9.44. The van der Waals surface area contributed by atoms with Crippen LogP contribution >= 0.6 is 11.8 Å². The zero-order valence-corrected chi connectivity index (χ0v) is 22.2. The van der Waals surface area contributed by atoms with Gasteiger partial charge in [0.25, 0.3) is 0 Å². The molecule has 6 fully saturated rings. The summed E-state index contributed by atoms with van der Waals surface area (Å²) < 4.78 is 13.8. The van der Waals surface area contributed by atoms with E-state index in [1.807, 2.05) is 11.8 Å². The predicted octanol–water partition coefficient (Wildman–Crippen LogP) is 1.06. The normalized spacial score (nSPS) is 41.5. The predicted molar refractivity (Wildman–Crippen MR) is 139 cm³/mol. The molecule has 6 aliphatic rings. The molecule has 0 aliphatic carbocycles. The molecule has 0 bridgehead atoms. The monoisotopic (exact) mass is 507 g/mol. The first kappa shape index (κ1) is 25.0. The molecule has 4 unspecified atom stereocenters. The number of likely N-dealkylation sites (tertiary alicyclic amines) is 2. The van der Waals surface area contributed by atoms with Crippen molar-refractivity contribution in [2.75, 3.05) is 90.2 Å². The zero-order valence-electron chi connectivity index (χ0n) is 21.4. The minimum absolute atomic E-state index is 0.00665. The van der Waals surface area contributed by atoms with E-state index in [0.717, 1.165) is 96.4 Å². The molecule has 0 aromatic carbocycles. The molecule has 198 valence electrons. The van der Waals surface area contributed by atoms with Gasteiger partial charge in [0, 0.05) is 83.6 Å². The van der Waals surface area contributed by atoms with Gasteiger partial charge in [0.05, 0.1) is 0 Å². The van der Waals surface area contributed by atoms with Crippen molar-refractivity contribution in [2.24, 2.45) is 0 Å². The number of piperidine rings is 1. The van der Waals surface area contributed by atoms with Gasteiger partial charge >= 0.3 is 0 Å². The molecule has 0 aromatic heterocycles. The summed E-state index contributed by atoms with van der Waals surface area (Å²) >= 11 is 2.03. The Morgan fingerprint density at radius 2 is 1.46 bits per heavy atom. The van der Waals surface area contributed by atoms with Crippen LogP contribution in [-0.4, -0.2) is 139 Å². The fraction of sp³-hybridized carbons (Fsp3) is 0.962. The lowest BCUT2D eigenvalue weighted by atomic mass is 9.73. The number of carbonyl (C=O) groups is 1. The van der Waals surface area contributed by atoms with E-state index in [9.17, 15) is 4.79 Å². The van der Waals surface area contributed by atoms with Crippen molar-refractivity contribution >= 4 is 17.5 Å². The summed E-state index contributed by atoms with van der Waals surface area (Å²) in [6.07, 6.45) is 8.20. The smallest absolute Gasteiger partial charge is 0.182 e. The van der Waals surface area contributed by atoms with Gasteiger partial charge in [-0.05, 0) is 38.5 Å². The molecule has 35 heavy (non-hydrogen) atoms. The largest absolute Gasteiger partial charge is 0.374 e. The average molecular weight is 508 g/mol. The lowest BCUT2D eigenvalue weighted by Crippen LogP contribution is -2.91. The van der Waals surface area contributed by atoms with Crippen LogP contribution < -0.4 is 5.32 Å². The molecule has 6 saturated heterocycles. The second-order valence-electron chi connectivity index (χ2n) is 11.2. The minimum Gasteiger partial charge on any atom is -0.374 e. The van der Waals surface area contributed by atoms with Gasteiger partial charge < -0.3 is 14.8 Å². The molecule has 6 aliphatic heterocycles. The lowest BCUT2D eigenvalue weighted by molar-refractivity contribution is -0.340. The lowest BCUT2D eigenvalue weighted by Gasteiger charge is -2.69. The molecule has 6 heterocycles. The molecule has 0 radical (unpaired) electrons. The van der Waals surface area contributed by atoms with Crippen LogP contribution in [0, 0.1) is 0 Å². The molecule has 0 spiro atoms. The van der Waals surface area contributed by atoms with Gasteiger partial charge in [-0.2, -0.15) is 11.8 Å². The Balaban J connectivity index is 1.58. The summed E-state index contributed by atoms with van der Waals surface area (Å²) in [7, 11) is 0. The molecular formula is C26H45N5O3S. The van der Waals surface area contributed by atoms with Crippen molar-refractivity contribution in [3.8, 4) is 0 Å². The molecule has 9 heteroatoms. The molecule has 0 aromatic rings. The third-order valence-corrected chi connectivity index (χ3v) is 10.4. The number of ether oxygens (including phenoxy) is 2. The number of rotatable bonds is 5. The minimum atomic E-state index is -0.613. The highest BCUT2D eigenvalue weighted by molar-refractivity contribution is 7.99. The Bertz CT molecular complexity index is 692. The summed E-state index contributed by atoms with van der Waals surface area (Å²) in [6, 6.07) is -0.168. The second-order valence-corrected chi connectivity index (χ2v) is 12.4. The highest BCUT2D eigenvalue weighted by atomic mass is 32.2. The highest BCUT2D eigenvalue weighted by Crippen LogP contribution is 2.52. The number of ketones is 1. The summed E-state index contributed by atoms with van der Waals surface area (Å²) in [4.78, 5) is 24.9. The van der Waals surface area contributed by atoms with E-state index in [4.69, 9.17) is 9.47 Å². The third kappa shape index (κ3) is 4.13. The number of piperazine rings is 1. The van der Waals surface area contributed by atoms with E-state index in [1.54, 1.807) is 0 Å². The van der Waals surface area contributed by atoms with E-state index in [2.05, 4.69) is 24.9 Å². The SMILES string of the molecule is O=C1COC(C2CCCO2)(N2CCCC2)C(N2CCCCC2)(N2CCNCC2)C1N1CCSCC1. The summed E-state index contributed by atoms with van der Waals surface area (Å²) in [6.45, 7) is 11.0. The molecule has 8 nitrogen and oxygen atoms in total. The number of hydrogen-bond acceptors (Lipinski definition) is 9. The van der Waals surface area contributed by atoms with Crippen LogP contribution in [0.25, 0.3) is 0 Å². The van der Waals surface area contributed by atoms with Crippen molar-refractivity contribution < 1.29 is 14.3 Å². The quantitative estimate of drug-likeness (QED) is 0.589. The van der Waals surface area contributed by atoms with Gasteiger partial charge in [-0.25, -0.2) is 0 Å². The Hall–Kier alpha value is -0.260. The standard InChI is InChI=1S/C26H45N5O3S/c32-22-21-34-26(23-7-6-18-33-23,31-12-4-5-13-31)25(29-10-2-1-3-11-29,30-14-8-27-9-15-30)24(22)28-16-19-35-20-17-28/h23-24,27H,1-21H2. The second kappa shape index (κ2) is 10.8. The van der Waals surface area contributed by atoms with Gasteiger partial charge in [-0.15, -0.1) is 0 Å². The first-order valence-electron chi connectivity index (χ1n) is 14.3. The number of carbonyl (C=O) groups excluding carboxylic acids is 1. The van der Waals surface area contributed by atoms with Crippen molar-refractivity contribution in [1.82, 2.24) is 24.9 Å². The zero-order chi connectivity index (χ0) is 23.7. The van der Waals surface area contributed by atoms with E-state index < -0.39 is 11.4 Å². The first-order chi connectivity index (χ1) is 17.3. The molecule has 4 atom stereocenters. The van der Waals surface area contributed by atoms with Gasteiger partial charge in [0.2, 0.25) is 0 Å². The molecule has 0 amide bonds. The van der Waals surface area contributed by atoms with Gasteiger partial charge in [-0.3, -0.25) is 24.4 Å². The van der Waals surface area contributed by atoms with Crippen molar-refractivity contribution in [1.29, 1.82) is 0 Å². The van der Waals surface area contributed by atoms with Crippen LogP contribution in [0.3, 0.4) is 0 Å². The summed E-state index contributed by atoms with van der Waals surface area (Å²) in [5, 5.41) is 3.60. The molecular weight excluding hydrogens is 462 g/mol. The fourth-order valence-electron chi connectivity index (χ4n) is 8.11. The number of hydrogen-bond donors (Lipinski definition) is 1. The average Bonchev–Trinajstić information content (AvgIpc) is 3.66. The van der Waals surface area contributed by atoms with Gasteiger partial charge in [-0.1, -0.05) is 6.42 Å². The van der Waals surface area contributed by atoms with Crippen LogP contribution in [0.15, 0.2) is 0 Å². The van der Waals surface area contributed by atoms with Gasteiger partial charge in [0.15, 0.2) is 11.5 Å². The maximum Gasteiger partial charge on any atom is 0.182 e. The Morgan fingerprint density at radius 1 is 0.800 bits per heavy atom. The topological polar surface area (TPSA) is 60.5 Å². The number of thioether (sulfide) groups is 1. The number of nitrogens with one attached hydrogen (secondary N) is 1. The van der Waals surface area contributed by atoms with E-state index >= 15 is 0 Å². The van der Waals surface area contributed by atoms with Gasteiger partial charge in [0.1, 0.15) is 24.4 Å². The van der Waals surface area contributed by atoms with Crippen LogP contribution in [0.5, 0.6) is 0 Å². The van der Waals surface area contributed by atoms with Crippen LogP contribution in [0.2, 0.25) is 0 Å². The molecule has 1 N–H and O–H groups in total. The maximum atomic E-state index is 14.2. The van der Waals surface area contributed by atoms with Crippen LogP contribution in [-0.2, 0) is 14.3 Å². The first-order valence-corrected chi connectivity index (χ1v) is 15.5. The van der Waals surface area contributed by atoms with Crippen molar-refractivity contribution in [3.63, 3.8) is 0 Å². The van der Waals surface area contributed by atoms with E-state index in [-0.39, 0.29) is 24.5 Å². The van der Waals surface area contributed by atoms with Crippen molar-refractivity contribution in [3.05, 3.63) is 0 Å². The summed E-state index contributed by atoms with van der Waals surface area (Å²) in [5.41, 5.74) is -1.13. The number of Topliss-reactive ketones (excluding diaryl/α,β-unsaturated/α-hetero) is 1. The Morgan fingerprint density at radius 3 is 2.14 bits per heavy atom. The fourth-order valence-corrected chi connectivity index (χ4v) is 9.04. The van der Waals surface area contributed by atoms with Crippen molar-refractivity contribution in [2.45, 2.75) is 68.5 Å². The molecule has 6 rings (SSSR count). The van der Waals surface area contributed by atoms with E-state index in [0.29, 0.717) is 0 Å². The van der Waals surface area contributed by atoms with Crippen LogP contribution in [0.1, 0.15) is 44.9 Å². The Labute approximate surface area is 215 Å². The Kier molecular flexibility index (Phi) is 7.76. The molecule has 0 saturated carbocycles. The van der Waals surface area contributed by atoms with E-state index in [1.165, 1.54) is 32.1 Å². The van der Waals surface area contributed by atoms with Crippen LogP contribution in [0.4, 0.5) is 0 Å². The maximum absolute atomic E-state index is 14.2. The summed E-state index contributed by atoms with van der Waals surface area (Å²) in [5.74, 6) is 2.51. The number of nitrogens with zero attached hydrogens (tertiary/aromatic N) is 4. The highest BCUT2D eigenvalue weighted by Gasteiger charge is 2.73.